The zero-order valence-corrected chi connectivity index (χ0v) is 14.2. The van der Waals surface area contributed by atoms with Gasteiger partial charge in [0.25, 0.3) is 0 Å². The van der Waals surface area contributed by atoms with Crippen molar-refractivity contribution < 1.29 is 4.74 Å². The second-order valence-electron chi connectivity index (χ2n) is 5.51. The van der Waals surface area contributed by atoms with Gasteiger partial charge in [-0.3, -0.25) is 0 Å². The number of rotatable bonds is 7. The highest BCUT2D eigenvalue weighted by atomic mass is 16.5. The van der Waals surface area contributed by atoms with E-state index < -0.39 is 0 Å². The second-order valence-corrected chi connectivity index (χ2v) is 5.51. The lowest BCUT2D eigenvalue weighted by Crippen LogP contribution is -2.24. The van der Waals surface area contributed by atoms with Crippen LogP contribution in [0.4, 0.5) is 17.3 Å². The minimum atomic E-state index is 0.676. The van der Waals surface area contributed by atoms with Gasteiger partial charge in [0, 0.05) is 56.6 Å². The van der Waals surface area contributed by atoms with Gasteiger partial charge in [-0.15, -0.1) is 0 Å². The molecule has 0 aliphatic carbocycles. The average Bonchev–Trinajstić information content (AvgIpc) is 3.02. The Bertz CT molecular complexity index is 816. The van der Waals surface area contributed by atoms with E-state index in [0.717, 1.165) is 41.9 Å². The topological polar surface area (TPSA) is 67.6 Å². The third kappa shape index (κ3) is 3.80. The van der Waals surface area contributed by atoms with E-state index in [9.17, 15) is 0 Å². The summed E-state index contributed by atoms with van der Waals surface area (Å²) in [6.45, 7) is 6.06. The summed E-state index contributed by atoms with van der Waals surface area (Å²) in [7, 11) is 2.00. The normalized spacial score (nSPS) is 11.0. The van der Waals surface area contributed by atoms with Crippen molar-refractivity contribution in [3.05, 3.63) is 42.6 Å². The lowest BCUT2D eigenvalue weighted by molar-refractivity contribution is 0.154. The molecule has 0 saturated carbocycles. The van der Waals surface area contributed by atoms with Crippen LogP contribution in [0.5, 0.6) is 0 Å². The van der Waals surface area contributed by atoms with E-state index in [-0.39, 0.29) is 0 Å². The molecular weight excluding hydrogens is 304 g/mol. The number of nitrogens with one attached hydrogen (secondary N) is 1. The Balaban J connectivity index is 1.77. The van der Waals surface area contributed by atoms with Crippen molar-refractivity contribution in [3.8, 4) is 0 Å². The highest BCUT2D eigenvalue weighted by Gasteiger charge is 2.07. The van der Waals surface area contributed by atoms with Crippen molar-refractivity contribution in [2.45, 2.75) is 13.8 Å². The number of anilines is 3. The summed E-state index contributed by atoms with van der Waals surface area (Å²) in [4.78, 5) is 15.3. The van der Waals surface area contributed by atoms with Gasteiger partial charge < -0.3 is 19.4 Å². The third-order valence-electron chi connectivity index (χ3n) is 3.66. The van der Waals surface area contributed by atoms with Crippen molar-refractivity contribution in [1.82, 2.24) is 19.4 Å². The van der Waals surface area contributed by atoms with E-state index in [1.165, 1.54) is 0 Å². The zero-order valence-electron chi connectivity index (χ0n) is 14.2. The molecule has 0 fully saturated rings. The van der Waals surface area contributed by atoms with E-state index in [0.29, 0.717) is 6.61 Å². The van der Waals surface area contributed by atoms with Crippen molar-refractivity contribution in [2.75, 3.05) is 37.0 Å². The second kappa shape index (κ2) is 7.27. The lowest BCUT2D eigenvalue weighted by Gasteiger charge is -2.19. The van der Waals surface area contributed by atoms with Gasteiger partial charge >= 0.3 is 0 Å². The summed E-state index contributed by atoms with van der Waals surface area (Å²) in [6, 6.07) is 5.91. The Kier molecular flexibility index (Phi) is 4.90. The first-order valence-electron chi connectivity index (χ1n) is 8.00. The highest BCUT2D eigenvalue weighted by Crippen LogP contribution is 2.20. The number of fused-ring (bicyclic) bond motifs is 1. The van der Waals surface area contributed by atoms with Crippen LogP contribution in [0.1, 0.15) is 12.7 Å². The van der Waals surface area contributed by atoms with Gasteiger partial charge in [0.2, 0.25) is 0 Å². The number of aryl methyl sites for hydroxylation is 1. The fourth-order valence-electron chi connectivity index (χ4n) is 2.41. The minimum Gasteiger partial charge on any atom is -0.380 e. The number of aromatic nitrogens is 4. The summed E-state index contributed by atoms with van der Waals surface area (Å²) in [5.74, 6) is 2.35. The van der Waals surface area contributed by atoms with E-state index in [1.54, 1.807) is 6.20 Å². The van der Waals surface area contributed by atoms with Crippen LogP contribution in [-0.4, -0.2) is 46.2 Å². The maximum absolute atomic E-state index is 5.41. The first-order chi connectivity index (χ1) is 11.7. The number of hydrogen-bond acceptors (Lipinski definition) is 6. The minimum absolute atomic E-state index is 0.676. The summed E-state index contributed by atoms with van der Waals surface area (Å²) >= 11 is 0. The fourth-order valence-corrected chi connectivity index (χ4v) is 2.41. The van der Waals surface area contributed by atoms with Gasteiger partial charge in [0.05, 0.1) is 6.61 Å². The average molecular weight is 326 g/mol. The molecule has 3 rings (SSSR count). The van der Waals surface area contributed by atoms with E-state index in [2.05, 4.69) is 25.2 Å². The molecule has 3 heterocycles. The largest absolute Gasteiger partial charge is 0.380 e. The van der Waals surface area contributed by atoms with Crippen molar-refractivity contribution in [2.24, 2.45) is 0 Å². The molecule has 0 atom stereocenters. The SMILES string of the molecule is CCOCCN(C)c1cc(Nc2ccn3ccnc3c2)nc(C)n1. The van der Waals surface area contributed by atoms with E-state index in [4.69, 9.17) is 4.74 Å². The van der Waals surface area contributed by atoms with Crippen LogP contribution in [0.3, 0.4) is 0 Å². The van der Waals surface area contributed by atoms with Crippen LogP contribution in [0.2, 0.25) is 0 Å². The Labute approximate surface area is 141 Å². The van der Waals surface area contributed by atoms with Crippen LogP contribution >= 0.6 is 0 Å². The number of nitrogens with zero attached hydrogens (tertiary/aromatic N) is 5. The molecule has 0 aromatic carbocycles. The molecule has 24 heavy (non-hydrogen) atoms. The van der Waals surface area contributed by atoms with Crippen LogP contribution in [0.25, 0.3) is 5.65 Å². The van der Waals surface area contributed by atoms with Crippen molar-refractivity contribution >= 4 is 23.0 Å². The fraction of sp³-hybridized carbons (Fsp3) is 0.353. The van der Waals surface area contributed by atoms with Gasteiger partial charge in [0.15, 0.2) is 0 Å². The number of ether oxygens (including phenoxy) is 1. The Morgan fingerprint density at radius 2 is 2.12 bits per heavy atom. The molecule has 0 unspecified atom stereocenters. The maximum Gasteiger partial charge on any atom is 0.138 e. The predicted octanol–water partition coefficient (Wildman–Crippen LogP) is 2.65. The van der Waals surface area contributed by atoms with Crippen LogP contribution < -0.4 is 10.2 Å². The van der Waals surface area contributed by atoms with Crippen LogP contribution in [0, 0.1) is 6.92 Å². The maximum atomic E-state index is 5.41. The number of pyridine rings is 1. The molecule has 126 valence electrons. The Morgan fingerprint density at radius 3 is 2.96 bits per heavy atom. The molecule has 1 N–H and O–H groups in total. The standard InChI is InChI=1S/C17H22N6O/c1-4-24-10-9-22(3)17-12-15(19-13(2)20-17)21-14-5-7-23-8-6-18-16(23)11-14/h5-8,11-12H,4,9-10H2,1-3H3,(H,19,20,21). The third-order valence-corrected chi connectivity index (χ3v) is 3.66. The first kappa shape index (κ1) is 16.2. The van der Waals surface area contributed by atoms with Crippen LogP contribution in [0.15, 0.2) is 36.8 Å². The molecule has 0 amide bonds. The number of likely N-dealkylation sites (N-methyl/N-ethyl adjacent to an activating group) is 1. The molecule has 0 spiro atoms. The van der Waals surface area contributed by atoms with Crippen molar-refractivity contribution in [3.63, 3.8) is 0 Å². The monoisotopic (exact) mass is 326 g/mol. The molecular formula is C17H22N6O. The highest BCUT2D eigenvalue weighted by molar-refractivity contribution is 5.63. The number of imidazole rings is 1. The quantitative estimate of drug-likeness (QED) is 0.673. The summed E-state index contributed by atoms with van der Waals surface area (Å²) in [6.07, 6.45) is 5.66. The zero-order chi connectivity index (χ0) is 16.9. The molecule has 7 heteroatoms. The van der Waals surface area contributed by atoms with Crippen LogP contribution in [-0.2, 0) is 4.74 Å². The van der Waals surface area contributed by atoms with E-state index in [1.807, 2.05) is 55.9 Å². The summed E-state index contributed by atoms with van der Waals surface area (Å²) < 4.78 is 7.37. The number of hydrogen-bond donors (Lipinski definition) is 1. The first-order valence-corrected chi connectivity index (χ1v) is 8.00. The van der Waals surface area contributed by atoms with Gasteiger partial charge in [-0.1, -0.05) is 0 Å². The van der Waals surface area contributed by atoms with Gasteiger partial charge in [-0.25, -0.2) is 15.0 Å². The molecule has 0 saturated heterocycles. The Hall–Kier alpha value is -2.67. The molecule has 0 aliphatic rings. The Morgan fingerprint density at radius 1 is 1.25 bits per heavy atom. The van der Waals surface area contributed by atoms with Gasteiger partial charge in [-0.2, -0.15) is 0 Å². The molecule has 0 radical (unpaired) electrons. The summed E-state index contributed by atoms with van der Waals surface area (Å²) in [5, 5.41) is 3.33. The van der Waals surface area contributed by atoms with Gasteiger partial charge in [-0.05, 0) is 19.9 Å². The molecule has 7 nitrogen and oxygen atoms in total. The molecule has 0 aliphatic heterocycles. The molecule has 0 bridgehead atoms. The predicted molar refractivity (Wildman–Crippen MR) is 95.0 cm³/mol. The lowest BCUT2D eigenvalue weighted by atomic mass is 10.3. The summed E-state index contributed by atoms with van der Waals surface area (Å²) in [5.41, 5.74) is 1.83. The van der Waals surface area contributed by atoms with Crippen molar-refractivity contribution in [1.29, 1.82) is 0 Å². The molecule has 3 aromatic rings. The smallest absolute Gasteiger partial charge is 0.138 e. The molecule has 3 aromatic heterocycles. The van der Waals surface area contributed by atoms with Gasteiger partial charge in [0.1, 0.15) is 23.1 Å². The van der Waals surface area contributed by atoms with E-state index >= 15 is 0 Å².